The Hall–Kier alpha value is -1.50. The van der Waals surface area contributed by atoms with Gasteiger partial charge in [0.2, 0.25) is 0 Å². The second-order valence-electron chi connectivity index (χ2n) is 8.41. The minimum atomic E-state index is -0.341. The van der Waals surface area contributed by atoms with Crippen LogP contribution in [-0.2, 0) is 14.2 Å². The summed E-state index contributed by atoms with van der Waals surface area (Å²) >= 11 is 0. The Kier molecular flexibility index (Phi) is 5.95. The molecule has 1 aromatic rings. The molecule has 26 heavy (non-hydrogen) atoms. The van der Waals surface area contributed by atoms with Crippen LogP contribution in [0.3, 0.4) is 0 Å². The van der Waals surface area contributed by atoms with Gasteiger partial charge in [-0.3, -0.25) is 9.88 Å². The number of carbonyl (C=O) groups excluding carboxylic acids is 1. The molecule has 0 spiro atoms. The maximum absolute atomic E-state index is 12.4. The van der Waals surface area contributed by atoms with Gasteiger partial charge in [0.1, 0.15) is 13.2 Å². The van der Waals surface area contributed by atoms with Crippen molar-refractivity contribution in [2.75, 3.05) is 19.8 Å². The SMILES string of the molecule is CC(C)C[C@H]1OCC2(COC(=O)c3cccnc3)CO[C@H](CC(C)C)[NH+]12. The molecule has 2 fully saturated rings. The van der Waals surface area contributed by atoms with E-state index in [0.717, 1.165) is 12.8 Å². The van der Waals surface area contributed by atoms with E-state index in [1.165, 1.54) is 11.1 Å². The number of nitrogens with one attached hydrogen (secondary N) is 1. The standard InChI is InChI=1S/C20H30N2O4/c1-14(2)8-17-22-18(9-15(3)4)25-12-20(22,11-24-17)13-26-19(23)16-6-5-7-21-10-16/h5-7,10,14-15,17-18H,8-9,11-13H2,1-4H3/p+1/t17-,18-/m1/s1. The molecule has 2 aliphatic rings. The van der Waals surface area contributed by atoms with Crippen LogP contribution in [0.5, 0.6) is 0 Å². The molecule has 0 aliphatic carbocycles. The van der Waals surface area contributed by atoms with Crippen molar-refractivity contribution in [1.82, 2.24) is 4.98 Å². The number of ether oxygens (including phenoxy) is 3. The summed E-state index contributed by atoms with van der Waals surface area (Å²) in [7, 11) is 0. The first-order valence-corrected chi connectivity index (χ1v) is 9.59. The molecule has 2 aliphatic heterocycles. The van der Waals surface area contributed by atoms with Crippen molar-refractivity contribution < 1.29 is 23.9 Å². The highest BCUT2D eigenvalue weighted by molar-refractivity contribution is 5.88. The number of carbonyl (C=O) groups is 1. The number of quaternary nitrogens is 1. The molecule has 2 saturated heterocycles. The molecule has 2 atom stereocenters. The molecular weight excluding hydrogens is 332 g/mol. The molecule has 6 nitrogen and oxygen atoms in total. The van der Waals surface area contributed by atoms with Crippen LogP contribution in [0.15, 0.2) is 24.5 Å². The monoisotopic (exact) mass is 363 g/mol. The zero-order valence-corrected chi connectivity index (χ0v) is 16.2. The molecule has 0 amide bonds. The zero-order chi connectivity index (χ0) is 18.7. The summed E-state index contributed by atoms with van der Waals surface area (Å²) in [6.45, 7) is 10.3. The Morgan fingerprint density at radius 1 is 1.23 bits per heavy atom. The van der Waals surface area contributed by atoms with Crippen LogP contribution in [0.25, 0.3) is 0 Å². The molecule has 6 heteroatoms. The molecular formula is C20H31N2O4+. The molecule has 0 bridgehead atoms. The topological polar surface area (TPSA) is 62.1 Å². The van der Waals surface area contributed by atoms with E-state index in [2.05, 4.69) is 32.7 Å². The van der Waals surface area contributed by atoms with Crippen molar-refractivity contribution in [1.29, 1.82) is 0 Å². The Morgan fingerprint density at radius 2 is 1.85 bits per heavy atom. The quantitative estimate of drug-likeness (QED) is 0.747. The van der Waals surface area contributed by atoms with Gasteiger partial charge in [-0.05, 0) is 24.0 Å². The lowest BCUT2D eigenvalue weighted by Gasteiger charge is -2.31. The Balaban J connectivity index is 1.72. The largest absolute Gasteiger partial charge is 0.455 e. The van der Waals surface area contributed by atoms with Gasteiger partial charge in [0.25, 0.3) is 0 Å². The van der Waals surface area contributed by atoms with Gasteiger partial charge in [-0.25, -0.2) is 4.79 Å². The summed E-state index contributed by atoms with van der Waals surface area (Å²) in [5.41, 5.74) is 0.164. The van der Waals surface area contributed by atoms with Gasteiger partial charge in [-0.1, -0.05) is 27.7 Å². The third-order valence-electron chi connectivity index (χ3n) is 5.18. The summed E-state index contributed by atoms with van der Waals surface area (Å²) in [6, 6.07) is 3.46. The molecule has 144 valence electrons. The van der Waals surface area contributed by atoms with Crippen LogP contribution in [0.4, 0.5) is 0 Å². The van der Waals surface area contributed by atoms with Crippen molar-refractivity contribution in [3.63, 3.8) is 0 Å². The lowest BCUT2D eigenvalue weighted by atomic mass is 10.00. The number of nitrogens with zero attached hydrogens (tertiary/aromatic N) is 1. The second kappa shape index (κ2) is 8.03. The minimum Gasteiger partial charge on any atom is -0.455 e. The lowest BCUT2D eigenvalue weighted by Crippen LogP contribution is -3.23. The van der Waals surface area contributed by atoms with Gasteiger partial charge < -0.3 is 14.2 Å². The normalized spacial score (nSPS) is 30.8. The van der Waals surface area contributed by atoms with E-state index in [0.29, 0.717) is 37.2 Å². The first-order chi connectivity index (χ1) is 12.4. The highest BCUT2D eigenvalue weighted by Crippen LogP contribution is 2.24. The second-order valence-corrected chi connectivity index (χ2v) is 8.41. The average molecular weight is 363 g/mol. The fraction of sp³-hybridized carbons (Fsp3) is 0.700. The fourth-order valence-corrected chi connectivity index (χ4v) is 3.98. The molecule has 0 radical (unpaired) electrons. The third kappa shape index (κ3) is 4.08. The van der Waals surface area contributed by atoms with Crippen LogP contribution >= 0.6 is 0 Å². The van der Waals surface area contributed by atoms with Crippen LogP contribution in [0.1, 0.15) is 50.9 Å². The fourth-order valence-electron chi connectivity index (χ4n) is 3.98. The summed E-state index contributed by atoms with van der Waals surface area (Å²) in [5.74, 6) is 0.745. The maximum Gasteiger partial charge on any atom is 0.339 e. The predicted octanol–water partition coefficient (Wildman–Crippen LogP) is 1.67. The maximum atomic E-state index is 12.4. The van der Waals surface area contributed by atoms with E-state index in [1.54, 1.807) is 18.3 Å². The first kappa shape index (κ1) is 19.3. The van der Waals surface area contributed by atoms with Gasteiger partial charge in [-0.15, -0.1) is 0 Å². The summed E-state index contributed by atoms with van der Waals surface area (Å²) in [6.07, 6.45) is 5.32. The van der Waals surface area contributed by atoms with Gasteiger partial charge in [-0.2, -0.15) is 0 Å². The van der Waals surface area contributed by atoms with Crippen LogP contribution in [0.2, 0.25) is 0 Å². The van der Waals surface area contributed by atoms with E-state index in [-0.39, 0.29) is 24.0 Å². The highest BCUT2D eigenvalue weighted by atomic mass is 16.6. The molecule has 0 saturated carbocycles. The van der Waals surface area contributed by atoms with Crippen molar-refractivity contribution in [2.45, 2.75) is 58.5 Å². The lowest BCUT2D eigenvalue weighted by molar-refractivity contribution is -0.989. The van der Waals surface area contributed by atoms with Gasteiger partial charge in [0.05, 0.1) is 5.56 Å². The summed E-state index contributed by atoms with van der Waals surface area (Å²) in [4.78, 5) is 17.6. The molecule has 0 unspecified atom stereocenters. The van der Waals surface area contributed by atoms with E-state index >= 15 is 0 Å². The van der Waals surface area contributed by atoms with E-state index in [4.69, 9.17) is 14.2 Å². The van der Waals surface area contributed by atoms with Gasteiger partial charge in [0, 0.05) is 25.2 Å². The van der Waals surface area contributed by atoms with E-state index in [1.807, 2.05) is 0 Å². The first-order valence-electron chi connectivity index (χ1n) is 9.59. The summed E-state index contributed by atoms with van der Waals surface area (Å²) in [5, 5.41) is 0. The molecule has 1 aromatic heterocycles. The number of aromatic nitrogens is 1. The Labute approximate surface area is 155 Å². The van der Waals surface area contributed by atoms with E-state index in [9.17, 15) is 4.79 Å². The van der Waals surface area contributed by atoms with Gasteiger partial charge in [0.15, 0.2) is 24.6 Å². The molecule has 0 aromatic carbocycles. The van der Waals surface area contributed by atoms with E-state index < -0.39 is 0 Å². The highest BCUT2D eigenvalue weighted by Gasteiger charge is 2.61. The van der Waals surface area contributed by atoms with Crippen LogP contribution in [-0.4, -0.2) is 48.8 Å². The van der Waals surface area contributed by atoms with Crippen LogP contribution < -0.4 is 4.90 Å². The number of rotatable bonds is 7. The van der Waals surface area contributed by atoms with Crippen LogP contribution in [0, 0.1) is 11.8 Å². The Bertz CT molecular complexity index is 583. The smallest absolute Gasteiger partial charge is 0.339 e. The van der Waals surface area contributed by atoms with Crippen molar-refractivity contribution in [2.24, 2.45) is 11.8 Å². The van der Waals surface area contributed by atoms with Gasteiger partial charge >= 0.3 is 5.97 Å². The summed E-state index contributed by atoms with van der Waals surface area (Å²) < 4.78 is 18.0. The average Bonchev–Trinajstić information content (AvgIpc) is 3.12. The predicted molar refractivity (Wildman–Crippen MR) is 96.6 cm³/mol. The third-order valence-corrected chi connectivity index (χ3v) is 5.18. The minimum absolute atomic E-state index is 0.0957. The number of hydrogen-bond donors (Lipinski definition) is 1. The number of fused-ring (bicyclic) bond motifs is 1. The molecule has 3 rings (SSSR count). The van der Waals surface area contributed by atoms with Crippen molar-refractivity contribution in [3.8, 4) is 0 Å². The number of pyridine rings is 1. The Morgan fingerprint density at radius 3 is 2.35 bits per heavy atom. The molecule has 3 heterocycles. The molecule has 1 N–H and O–H groups in total. The number of hydrogen-bond acceptors (Lipinski definition) is 5. The van der Waals surface area contributed by atoms with Crippen molar-refractivity contribution in [3.05, 3.63) is 30.1 Å². The number of esters is 1. The van der Waals surface area contributed by atoms with Crippen molar-refractivity contribution >= 4 is 5.97 Å². The zero-order valence-electron chi connectivity index (χ0n) is 16.2.